The molecule has 2 aromatic rings. The van der Waals surface area contributed by atoms with Crippen LogP contribution in [0.3, 0.4) is 0 Å². The van der Waals surface area contributed by atoms with Crippen LogP contribution < -0.4 is 5.32 Å². The number of fused-ring (bicyclic) bond motifs is 2. The minimum Gasteiger partial charge on any atom is -0.350 e. The van der Waals surface area contributed by atoms with Gasteiger partial charge in [-0.25, -0.2) is 0 Å². The van der Waals surface area contributed by atoms with Crippen molar-refractivity contribution in [2.75, 3.05) is 0 Å². The summed E-state index contributed by atoms with van der Waals surface area (Å²) in [6, 6.07) is 17.0. The molecule has 0 aromatic heterocycles. The van der Waals surface area contributed by atoms with E-state index in [4.69, 9.17) is 0 Å². The molecule has 5 rings (SSSR count). The van der Waals surface area contributed by atoms with Gasteiger partial charge in [0.1, 0.15) is 5.71 Å². The van der Waals surface area contributed by atoms with Crippen LogP contribution in [0.15, 0.2) is 70.4 Å². The first-order valence-corrected chi connectivity index (χ1v) is 10.1. The maximum absolute atomic E-state index is 13.4. The van der Waals surface area contributed by atoms with Crippen molar-refractivity contribution < 1.29 is 9.59 Å². The van der Waals surface area contributed by atoms with Gasteiger partial charge >= 0.3 is 0 Å². The lowest BCUT2D eigenvalue weighted by Crippen LogP contribution is -2.35. The van der Waals surface area contributed by atoms with Gasteiger partial charge in [0.15, 0.2) is 11.7 Å². The van der Waals surface area contributed by atoms with Gasteiger partial charge in [-0.15, -0.1) is 5.10 Å². The van der Waals surface area contributed by atoms with Crippen molar-refractivity contribution in [3.8, 4) is 6.07 Å². The Morgan fingerprint density at radius 2 is 1.90 bits per heavy atom. The van der Waals surface area contributed by atoms with E-state index in [0.717, 1.165) is 39.1 Å². The van der Waals surface area contributed by atoms with E-state index in [1.54, 1.807) is 6.21 Å². The monoisotopic (exact) mass is 406 g/mol. The molecule has 150 valence electrons. The third-order valence-corrected chi connectivity index (χ3v) is 5.87. The van der Waals surface area contributed by atoms with Gasteiger partial charge in [0, 0.05) is 29.2 Å². The van der Waals surface area contributed by atoms with Gasteiger partial charge in [-0.3, -0.25) is 9.59 Å². The van der Waals surface area contributed by atoms with Crippen molar-refractivity contribution in [1.29, 1.82) is 5.26 Å². The lowest BCUT2D eigenvalue weighted by Gasteiger charge is -2.24. The van der Waals surface area contributed by atoms with Crippen LogP contribution in [0.25, 0.3) is 11.1 Å². The Morgan fingerprint density at radius 3 is 2.68 bits per heavy atom. The zero-order valence-electron chi connectivity index (χ0n) is 16.8. The Bertz CT molecular complexity index is 1290. The molecular formula is C25H18N4O2. The van der Waals surface area contributed by atoms with Crippen molar-refractivity contribution in [2.24, 2.45) is 22.0 Å². The average molecular weight is 406 g/mol. The number of carbonyl (C=O) groups is 2. The summed E-state index contributed by atoms with van der Waals surface area (Å²) in [5, 5.41) is 20.7. The van der Waals surface area contributed by atoms with Crippen LogP contribution in [0.5, 0.6) is 0 Å². The number of hydrogen-bond donors (Lipinski definition) is 1. The molecule has 31 heavy (non-hydrogen) atoms. The number of nitrogens with zero attached hydrogens (tertiary/aromatic N) is 3. The average Bonchev–Trinajstić information content (AvgIpc) is 3.38. The van der Waals surface area contributed by atoms with Gasteiger partial charge in [-0.1, -0.05) is 61.5 Å². The molecule has 0 bridgehead atoms. The summed E-state index contributed by atoms with van der Waals surface area (Å²) < 4.78 is 0. The Labute approximate surface area is 179 Å². The van der Waals surface area contributed by atoms with Gasteiger partial charge in [0.25, 0.3) is 0 Å². The molecule has 1 N–H and O–H groups in total. The highest BCUT2D eigenvalue weighted by molar-refractivity contribution is 6.38. The van der Waals surface area contributed by atoms with Gasteiger partial charge in [-0.05, 0) is 22.3 Å². The van der Waals surface area contributed by atoms with Gasteiger partial charge in [-0.2, -0.15) is 10.4 Å². The molecule has 0 saturated carbocycles. The SMILES string of the molecule is CC1C=C(C(=O)C(C#N)C(=O)NCc2ccccc2)c2cccc3c2C1=C1C=NN=C13. The second kappa shape index (κ2) is 7.29. The Kier molecular flexibility index (Phi) is 4.45. The number of allylic oxidation sites excluding steroid dienone is 4. The summed E-state index contributed by atoms with van der Waals surface area (Å²) in [6.45, 7) is 2.26. The van der Waals surface area contributed by atoms with Gasteiger partial charge < -0.3 is 5.32 Å². The maximum atomic E-state index is 13.4. The molecule has 0 radical (unpaired) electrons. The summed E-state index contributed by atoms with van der Waals surface area (Å²) in [5.41, 5.74) is 6.83. The number of hydrogen-bond acceptors (Lipinski definition) is 5. The normalized spacial score (nSPS) is 18.5. The van der Waals surface area contributed by atoms with Crippen LogP contribution in [0.1, 0.15) is 29.2 Å². The second-order valence-electron chi connectivity index (χ2n) is 7.75. The molecule has 0 fully saturated rings. The van der Waals surface area contributed by atoms with E-state index in [-0.39, 0.29) is 12.5 Å². The number of nitrogens with one attached hydrogen (secondary N) is 1. The van der Waals surface area contributed by atoms with Crippen LogP contribution in [-0.2, 0) is 16.1 Å². The van der Waals surface area contributed by atoms with Crippen LogP contribution in [0.4, 0.5) is 0 Å². The van der Waals surface area contributed by atoms with Gasteiger partial charge in [0.2, 0.25) is 5.91 Å². The van der Waals surface area contributed by atoms with Crippen molar-refractivity contribution in [1.82, 2.24) is 5.32 Å². The predicted octanol–water partition coefficient (Wildman–Crippen LogP) is 3.30. The molecule has 0 spiro atoms. The molecular weight excluding hydrogens is 388 g/mol. The molecule has 2 aromatic carbocycles. The van der Waals surface area contributed by atoms with E-state index in [1.165, 1.54) is 0 Å². The van der Waals surface area contributed by atoms with Crippen molar-refractivity contribution in [2.45, 2.75) is 13.5 Å². The van der Waals surface area contributed by atoms with Crippen LogP contribution in [0.2, 0.25) is 0 Å². The second-order valence-corrected chi connectivity index (χ2v) is 7.75. The number of ketones is 1. The minimum absolute atomic E-state index is 0.0634. The summed E-state index contributed by atoms with van der Waals surface area (Å²) in [4.78, 5) is 26.1. The highest BCUT2D eigenvalue weighted by Gasteiger charge is 2.39. The largest absolute Gasteiger partial charge is 0.350 e. The first-order valence-electron chi connectivity index (χ1n) is 10.1. The summed E-state index contributed by atoms with van der Waals surface area (Å²) in [5.74, 6) is -2.54. The molecule has 2 aliphatic carbocycles. The molecule has 1 amide bonds. The zero-order valence-corrected chi connectivity index (χ0v) is 16.8. The molecule has 1 aliphatic heterocycles. The van der Waals surface area contributed by atoms with Crippen LogP contribution in [0, 0.1) is 23.2 Å². The molecule has 2 atom stereocenters. The fraction of sp³-hybridized carbons (Fsp3) is 0.160. The van der Waals surface area contributed by atoms with Crippen molar-refractivity contribution in [3.05, 3.63) is 82.4 Å². The van der Waals surface area contributed by atoms with E-state index < -0.39 is 17.6 Å². The quantitative estimate of drug-likeness (QED) is 0.772. The summed E-state index contributed by atoms with van der Waals surface area (Å²) >= 11 is 0. The maximum Gasteiger partial charge on any atom is 0.245 e. The van der Waals surface area contributed by atoms with Crippen molar-refractivity contribution in [3.63, 3.8) is 0 Å². The zero-order chi connectivity index (χ0) is 21.5. The molecule has 0 saturated heterocycles. The molecule has 2 unspecified atom stereocenters. The van der Waals surface area contributed by atoms with E-state index in [0.29, 0.717) is 5.57 Å². The van der Waals surface area contributed by atoms with Crippen LogP contribution in [-0.4, -0.2) is 23.6 Å². The first kappa shape index (κ1) is 18.9. The summed E-state index contributed by atoms with van der Waals surface area (Å²) in [6.07, 6.45) is 3.60. The smallest absolute Gasteiger partial charge is 0.245 e. The van der Waals surface area contributed by atoms with E-state index in [2.05, 4.69) is 15.5 Å². The van der Waals surface area contributed by atoms with Crippen LogP contribution >= 0.6 is 0 Å². The summed E-state index contributed by atoms with van der Waals surface area (Å²) in [7, 11) is 0. The third-order valence-electron chi connectivity index (χ3n) is 5.87. The highest BCUT2D eigenvalue weighted by Crippen LogP contribution is 2.47. The fourth-order valence-electron chi connectivity index (χ4n) is 4.44. The number of rotatable bonds is 5. The topological polar surface area (TPSA) is 94.7 Å². The van der Waals surface area contributed by atoms with Crippen molar-refractivity contribution >= 4 is 34.8 Å². The Hall–Kier alpha value is -4.11. The number of amides is 1. The molecule has 3 aliphatic rings. The number of carbonyl (C=O) groups excluding carboxylic acids is 2. The minimum atomic E-state index is -1.41. The Morgan fingerprint density at radius 1 is 1.13 bits per heavy atom. The lowest BCUT2D eigenvalue weighted by molar-refractivity contribution is -0.129. The van der Waals surface area contributed by atoms with Gasteiger partial charge in [0.05, 0.1) is 12.3 Å². The number of nitriles is 1. The Balaban J connectivity index is 1.46. The molecule has 6 heteroatoms. The standard InChI is InChI=1S/C25H18N4O2/c1-14-10-18(16-8-5-9-17-22(16)21(14)20-13-28-29-23(17)20)24(30)19(11-26)25(31)27-12-15-6-3-2-4-7-15/h2-10,13-14,19H,12H2,1H3,(H,27,31). The molecule has 6 nitrogen and oxygen atoms in total. The molecule has 1 heterocycles. The number of benzene rings is 2. The number of Topliss-reactive ketones (excluding diaryl/α,β-unsaturated/α-hetero) is 1. The van der Waals surface area contributed by atoms with E-state index in [9.17, 15) is 14.9 Å². The first-order chi connectivity index (χ1) is 15.1. The van der Waals surface area contributed by atoms with E-state index in [1.807, 2.05) is 67.6 Å². The van der Waals surface area contributed by atoms with E-state index >= 15 is 0 Å². The third kappa shape index (κ3) is 2.94. The lowest BCUT2D eigenvalue weighted by atomic mass is 9.78. The predicted molar refractivity (Wildman–Crippen MR) is 118 cm³/mol. The highest BCUT2D eigenvalue weighted by atomic mass is 16.2. The fourth-order valence-corrected chi connectivity index (χ4v) is 4.44.